The average molecular weight is 331 g/mol. The highest BCUT2D eigenvalue weighted by atomic mass is 16.5. The number of carbonyl (C=O) groups excluding carboxylic acids is 1. The minimum absolute atomic E-state index is 0.0146. The van der Waals surface area contributed by atoms with E-state index in [9.17, 15) is 14.7 Å². The largest absolute Gasteiger partial charge is 0.493 e. The van der Waals surface area contributed by atoms with Gasteiger partial charge >= 0.3 is 5.97 Å². The summed E-state index contributed by atoms with van der Waals surface area (Å²) < 4.78 is 11.1. The topological polar surface area (TPSA) is 76.1 Å². The number of hydrogen-bond donors (Lipinski definition) is 1. The van der Waals surface area contributed by atoms with Crippen LogP contribution in [0, 0.1) is 11.3 Å². The van der Waals surface area contributed by atoms with Gasteiger partial charge in [0.05, 0.1) is 24.5 Å². The second-order valence-corrected chi connectivity index (χ2v) is 6.93. The standard InChI is InChI=1S/C18H21NO5/c20-16(14-5-7-24-15-4-2-1-3-13(14)15)19-9-12-10-23-8-6-18(12,11-19)17(21)22/h1-4,12,14H,5-11H2,(H,21,22)/t12-,14?,18+/m0/s1. The lowest BCUT2D eigenvalue weighted by atomic mass is 9.74. The Bertz CT molecular complexity index is 675. The third-order valence-electron chi connectivity index (χ3n) is 5.70. The highest BCUT2D eigenvalue weighted by Gasteiger charge is 2.55. The number of amides is 1. The second kappa shape index (κ2) is 5.77. The highest BCUT2D eigenvalue weighted by Crippen LogP contribution is 2.44. The number of carboxylic acids is 1. The maximum Gasteiger partial charge on any atom is 0.311 e. The van der Waals surface area contributed by atoms with Crippen molar-refractivity contribution in [2.24, 2.45) is 11.3 Å². The number of carbonyl (C=O) groups is 2. The lowest BCUT2D eigenvalue weighted by molar-refractivity contribution is -0.157. The fourth-order valence-electron chi connectivity index (χ4n) is 4.29. The zero-order valence-electron chi connectivity index (χ0n) is 13.4. The summed E-state index contributed by atoms with van der Waals surface area (Å²) in [7, 11) is 0. The predicted molar refractivity (Wildman–Crippen MR) is 84.9 cm³/mol. The van der Waals surface area contributed by atoms with Gasteiger partial charge in [0.2, 0.25) is 5.91 Å². The molecule has 0 radical (unpaired) electrons. The first-order valence-electron chi connectivity index (χ1n) is 8.43. The van der Waals surface area contributed by atoms with E-state index >= 15 is 0 Å². The van der Waals surface area contributed by atoms with Crippen LogP contribution in [-0.2, 0) is 14.3 Å². The molecule has 2 fully saturated rings. The number of para-hydroxylation sites is 1. The summed E-state index contributed by atoms with van der Waals surface area (Å²) >= 11 is 0. The van der Waals surface area contributed by atoms with Gasteiger partial charge in [-0.15, -0.1) is 0 Å². The Labute approximate surface area is 140 Å². The van der Waals surface area contributed by atoms with Crippen LogP contribution in [0.15, 0.2) is 24.3 Å². The molecule has 4 rings (SSSR count). The predicted octanol–water partition coefficient (Wildman–Crippen LogP) is 1.50. The molecule has 0 saturated carbocycles. The van der Waals surface area contributed by atoms with Gasteiger partial charge in [-0.05, 0) is 18.9 Å². The van der Waals surface area contributed by atoms with Crippen molar-refractivity contribution >= 4 is 11.9 Å². The Balaban J connectivity index is 1.59. The Kier molecular flexibility index (Phi) is 3.72. The van der Waals surface area contributed by atoms with Crippen molar-refractivity contribution in [2.75, 3.05) is 32.9 Å². The molecule has 0 spiro atoms. The third kappa shape index (κ3) is 2.28. The molecule has 3 aliphatic rings. The van der Waals surface area contributed by atoms with Crippen LogP contribution in [0.1, 0.15) is 24.3 Å². The van der Waals surface area contributed by atoms with Gasteiger partial charge in [0.25, 0.3) is 0 Å². The van der Waals surface area contributed by atoms with E-state index in [1.165, 1.54) is 0 Å². The van der Waals surface area contributed by atoms with Crippen molar-refractivity contribution in [1.29, 1.82) is 0 Å². The molecule has 0 aliphatic carbocycles. The van der Waals surface area contributed by atoms with Gasteiger partial charge in [0.15, 0.2) is 0 Å². The molecule has 1 aromatic carbocycles. The number of ether oxygens (including phenoxy) is 2. The Morgan fingerprint density at radius 2 is 2.08 bits per heavy atom. The molecule has 1 unspecified atom stereocenters. The van der Waals surface area contributed by atoms with Crippen LogP contribution in [-0.4, -0.2) is 54.8 Å². The highest BCUT2D eigenvalue weighted by molar-refractivity contribution is 5.87. The number of fused-ring (bicyclic) bond motifs is 2. The van der Waals surface area contributed by atoms with Crippen molar-refractivity contribution in [3.63, 3.8) is 0 Å². The first-order chi connectivity index (χ1) is 11.6. The molecule has 24 heavy (non-hydrogen) atoms. The van der Waals surface area contributed by atoms with Crippen molar-refractivity contribution in [1.82, 2.24) is 4.90 Å². The van der Waals surface area contributed by atoms with Crippen LogP contribution in [0.2, 0.25) is 0 Å². The van der Waals surface area contributed by atoms with Gasteiger partial charge in [-0.1, -0.05) is 18.2 Å². The number of nitrogens with zero attached hydrogens (tertiary/aromatic N) is 1. The van der Waals surface area contributed by atoms with Crippen molar-refractivity contribution < 1.29 is 24.2 Å². The van der Waals surface area contributed by atoms with Crippen LogP contribution in [0.4, 0.5) is 0 Å². The molecule has 128 valence electrons. The molecule has 2 saturated heterocycles. The molecular formula is C18H21NO5. The summed E-state index contributed by atoms with van der Waals surface area (Å²) in [6, 6.07) is 7.61. The number of benzene rings is 1. The maximum atomic E-state index is 13.1. The smallest absolute Gasteiger partial charge is 0.311 e. The van der Waals surface area contributed by atoms with Gasteiger partial charge in [0, 0.05) is 31.2 Å². The molecule has 3 heterocycles. The van der Waals surface area contributed by atoms with E-state index in [4.69, 9.17) is 9.47 Å². The number of aliphatic carboxylic acids is 1. The average Bonchev–Trinajstić information content (AvgIpc) is 3.02. The van der Waals surface area contributed by atoms with E-state index < -0.39 is 11.4 Å². The molecule has 6 heteroatoms. The molecule has 3 aliphatic heterocycles. The SMILES string of the molecule is O=C(C1CCOc2ccccc21)N1C[C@H]2COCC[C@@]2(C(=O)O)C1. The van der Waals surface area contributed by atoms with Crippen LogP contribution >= 0.6 is 0 Å². The van der Waals surface area contributed by atoms with E-state index in [-0.39, 0.29) is 24.3 Å². The molecule has 3 atom stereocenters. The Morgan fingerprint density at radius 1 is 1.25 bits per heavy atom. The second-order valence-electron chi connectivity index (χ2n) is 6.93. The van der Waals surface area contributed by atoms with Crippen molar-refractivity contribution in [2.45, 2.75) is 18.8 Å². The van der Waals surface area contributed by atoms with Crippen LogP contribution in [0.3, 0.4) is 0 Å². The number of carboxylic acid groups (broad SMARTS) is 1. The van der Waals surface area contributed by atoms with Crippen LogP contribution < -0.4 is 4.74 Å². The first kappa shape index (κ1) is 15.4. The zero-order chi connectivity index (χ0) is 16.7. The van der Waals surface area contributed by atoms with Crippen LogP contribution in [0.25, 0.3) is 0 Å². The molecule has 6 nitrogen and oxygen atoms in total. The first-order valence-corrected chi connectivity index (χ1v) is 8.43. The lowest BCUT2D eigenvalue weighted by Crippen LogP contribution is -2.45. The Morgan fingerprint density at radius 3 is 2.88 bits per heavy atom. The normalized spacial score (nSPS) is 31.8. The minimum Gasteiger partial charge on any atom is -0.493 e. The monoisotopic (exact) mass is 331 g/mol. The molecule has 0 bridgehead atoms. The fraction of sp³-hybridized carbons (Fsp3) is 0.556. The molecule has 1 amide bonds. The molecular weight excluding hydrogens is 310 g/mol. The Hall–Kier alpha value is -2.08. The van der Waals surface area contributed by atoms with Crippen molar-refractivity contribution in [3.8, 4) is 5.75 Å². The number of rotatable bonds is 2. The summed E-state index contributed by atoms with van der Waals surface area (Å²) in [5.74, 6) is -0.404. The fourth-order valence-corrected chi connectivity index (χ4v) is 4.29. The maximum absolute atomic E-state index is 13.1. The number of hydrogen-bond acceptors (Lipinski definition) is 4. The molecule has 0 aromatic heterocycles. The van der Waals surface area contributed by atoms with E-state index in [1.54, 1.807) is 4.90 Å². The van der Waals surface area contributed by atoms with Crippen LogP contribution in [0.5, 0.6) is 5.75 Å². The third-order valence-corrected chi connectivity index (χ3v) is 5.70. The minimum atomic E-state index is -0.849. The summed E-state index contributed by atoms with van der Waals surface area (Å²) in [6.07, 6.45) is 1.11. The van der Waals surface area contributed by atoms with E-state index in [0.29, 0.717) is 39.2 Å². The van der Waals surface area contributed by atoms with Crippen molar-refractivity contribution in [3.05, 3.63) is 29.8 Å². The quantitative estimate of drug-likeness (QED) is 0.889. The summed E-state index contributed by atoms with van der Waals surface area (Å²) in [5.41, 5.74) is 0.0581. The van der Waals surface area contributed by atoms with Gasteiger partial charge in [-0.25, -0.2) is 0 Å². The zero-order valence-corrected chi connectivity index (χ0v) is 13.4. The molecule has 1 aromatic rings. The summed E-state index contributed by atoms with van der Waals surface area (Å²) in [6.45, 7) is 2.13. The number of likely N-dealkylation sites (tertiary alicyclic amines) is 1. The van der Waals surface area contributed by atoms with Gasteiger partial charge < -0.3 is 19.5 Å². The molecule has 1 N–H and O–H groups in total. The van der Waals surface area contributed by atoms with E-state index in [1.807, 2.05) is 24.3 Å². The van der Waals surface area contributed by atoms with Gasteiger partial charge in [-0.3, -0.25) is 9.59 Å². The lowest BCUT2D eigenvalue weighted by Gasteiger charge is -2.34. The summed E-state index contributed by atoms with van der Waals surface area (Å²) in [4.78, 5) is 26.7. The van der Waals surface area contributed by atoms with E-state index in [0.717, 1.165) is 11.3 Å². The summed E-state index contributed by atoms with van der Waals surface area (Å²) in [5, 5.41) is 9.75. The van der Waals surface area contributed by atoms with Gasteiger partial charge in [-0.2, -0.15) is 0 Å². The van der Waals surface area contributed by atoms with Gasteiger partial charge in [0.1, 0.15) is 5.75 Å². The van der Waals surface area contributed by atoms with E-state index in [2.05, 4.69) is 0 Å².